The number of urea groups is 1. The maximum absolute atomic E-state index is 12.6. The highest BCUT2D eigenvalue weighted by atomic mass is 32.2. The summed E-state index contributed by atoms with van der Waals surface area (Å²) in [5, 5.41) is 5.47. The molecule has 0 spiro atoms. The lowest BCUT2D eigenvalue weighted by atomic mass is 10.0. The number of carbonyl (C=O) groups is 2. The summed E-state index contributed by atoms with van der Waals surface area (Å²) in [4.78, 5) is 25.8. The highest BCUT2D eigenvalue weighted by molar-refractivity contribution is 7.99. The van der Waals surface area contributed by atoms with Gasteiger partial charge in [0, 0.05) is 16.3 Å². The van der Waals surface area contributed by atoms with Gasteiger partial charge in [0.2, 0.25) is 0 Å². The number of furan rings is 1. The SMILES string of the molecule is CCOC(=O)C1=C(CSc2ccc(OCC)cc2)NC(=O)NC1c1ccco1. The molecule has 0 bridgehead atoms. The summed E-state index contributed by atoms with van der Waals surface area (Å²) in [6, 6.07) is 9.99. The van der Waals surface area contributed by atoms with E-state index in [1.807, 2.05) is 31.2 Å². The topological polar surface area (TPSA) is 89.8 Å². The van der Waals surface area contributed by atoms with E-state index in [0.717, 1.165) is 10.6 Å². The zero-order chi connectivity index (χ0) is 19.9. The van der Waals surface area contributed by atoms with E-state index < -0.39 is 18.0 Å². The fourth-order valence-corrected chi connectivity index (χ4v) is 3.67. The van der Waals surface area contributed by atoms with Gasteiger partial charge in [0.05, 0.1) is 25.1 Å². The first-order chi connectivity index (χ1) is 13.6. The Morgan fingerprint density at radius 1 is 1.18 bits per heavy atom. The number of amides is 2. The maximum atomic E-state index is 12.6. The molecule has 0 fully saturated rings. The summed E-state index contributed by atoms with van der Waals surface area (Å²) >= 11 is 1.50. The van der Waals surface area contributed by atoms with Crippen molar-refractivity contribution in [3.8, 4) is 5.75 Å². The van der Waals surface area contributed by atoms with Crippen molar-refractivity contribution in [3.63, 3.8) is 0 Å². The Hall–Kier alpha value is -2.87. The van der Waals surface area contributed by atoms with Gasteiger partial charge in [0.1, 0.15) is 17.6 Å². The Kier molecular flexibility index (Phi) is 6.65. The Balaban J connectivity index is 1.85. The molecule has 148 valence electrons. The molecule has 1 aromatic carbocycles. The standard InChI is InChI=1S/C20H22N2O5S/c1-3-25-13-7-9-14(10-8-13)28-12-15-17(19(23)26-4-2)18(22-20(24)21-15)16-6-5-11-27-16/h5-11,18H,3-4,12H2,1-2H3,(H2,21,22,24). The number of hydrogen-bond donors (Lipinski definition) is 2. The van der Waals surface area contributed by atoms with Crippen LogP contribution >= 0.6 is 11.8 Å². The number of benzene rings is 1. The van der Waals surface area contributed by atoms with Crippen molar-refractivity contribution >= 4 is 23.8 Å². The van der Waals surface area contributed by atoms with Crippen molar-refractivity contribution in [2.75, 3.05) is 19.0 Å². The molecule has 0 saturated heterocycles. The molecule has 2 amide bonds. The molecule has 1 atom stereocenters. The van der Waals surface area contributed by atoms with Gasteiger partial charge in [-0.2, -0.15) is 0 Å². The highest BCUT2D eigenvalue weighted by Crippen LogP contribution is 2.31. The zero-order valence-corrected chi connectivity index (χ0v) is 16.5. The second-order valence-corrected chi connectivity index (χ2v) is 6.90. The van der Waals surface area contributed by atoms with Gasteiger partial charge in [-0.25, -0.2) is 9.59 Å². The normalized spacial score (nSPS) is 16.4. The van der Waals surface area contributed by atoms with Crippen molar-refractivity contribution in [1.29, 1.82) is 0 Å². The number of nitrogens with one attached hydrogen (secondary N) is 2. The molecule has 0 saturated carbocycles. The number of rotatable bonds is 8. The van der Waals surface area contributed by atoms with E-state index in [1.54, 1.807) is 19.1 Å². The first-order valence-electron chi connectivity index (χ1n) is 8.99. The smallest absolute Gasteiger partial charge is 0.338 e. The lowest BCUT2D eigenvalue weighted by molar-refractivity contribution is -0.139. The average molecular weight is 402 g/mol. The summed E-state index contributed by atoms with van der Waals surface area (Å²) in [6.45, 7) is 4.51. The van der Waals surface area contributed by atoms with Crippen LogP contribution in [0.2, 0.25) is 0 Å². The van der Waals surface area contributed by atoms with Crippen molar-refractivity contribution in [2.24, 2.45) is 0 Å². The molecule has 2 heterocycles. The molecule has 7 nitrogen and oxygen atoms in total. The molecule has 1 aliphatic heterocycles. The van der Waals surface area contributed by atoms with Crippen LogP contribution in [0.4, 0.5) is 4.79 Å². The van der Waals surface area contributed by atoms with Crippen LogP contribution in [0, 0.1) is 0 Å². The third-order valence-electron chi connectivity index (χ3n) is 3.99. The molecule has 2 aromatic rings. The minimum Gasteiger partial charge on any atom is -0.494 e. The minimum absolute atomic E-state index is 0.237. The second kappa shape index (κ2) is 9.36. The Labute approximate surface area is 167 Å². The summed E-state index contributed by atoms with van der Waals surface area (Å²) in [7, 11) is 0. The predicted octanol–water partition coefficient (Wildman–Crippen LogP) is 3.64. The molecule has 28 heavy (non-hydrogen) atoms. The number of thioether (sulfide) groups is 1. The highest BCUT2D eigenvalue weighted by Gasteiger charge is 2.35. The zero-order valence-electron chi connectivity index (χ0n) is 15.7. The van der Waals surface area contributed by atoms with Gasteiger partial charge in [-0.1, -0.05) is 0 Å². The predicted molar refractivity (Wildman–Crippen MR) is 105 cm³/mol. The van der Waals surface area contributed by atoms with Gasteiger partial charge in [-0.3, -0.25) is 0 Å². The fourth-order valence-electron chi connectivity index (χ4n) is 2.80. The van der Waals surface area contributed by atoms with Crippen molar-refractivity contribution in [2.45, 2.75) is 24.8 Å². The van der Waals surface area contributed by atoms with Crippen LogP contribution < -0.4 is 15.4 Å². The van der Waals surface area contributed by atoms with E-state index in [0.29, 0.717) is 29.4 Å². The van der Waals surface area contributed by atoms with E-state index in [1.165, 1.54) is 18.0 Å². The van der Waals surface area contributed by atoms with Crippen LogP contribution in [0.15, 0.2) is 63.2 Å². The third-order valence-corrected chi connectivity index (χ3v) is 5.03. The fraction of sp³-hybridized carbons (Fsp3) is 0.300. The first kappa shape index (κ1) is 19.9. The van der Waals surface area contributed by atoms with Gasteiger partial charge >= 0.3 is 12.0 Å². The minimum atomic E-state index is -0.696. The second-order valence-electron chi connectivity index (χ2n) is 5.85. The van der Waals surface area contributed by atoms with Crippen molar-refractivity contribution in [1.82, 2.24) is 10.6 Å². The van der Waals surface area contributed by atoms with Crippen LogP contribution in [0.5, 0.6) is 5.75 Å². The monoisotopic (exact) mass is 402 g/mol. The van der Waals surface area contributed by atoms with Crippen LogP contribution in [-0.4, -0.2) is 31.0 Å². The lowest BCUT2D eigenvalue weighted by Crippen LogP contribution is -2.46. The average Bonchev–Trinajstić information content (AvgIpc) is 3.22. The number of esters is 1. The summed E-state index contributed by atoms with van der Waals surface area (Å²) in [5.74, 6) is 1.18. The summed E-state index contributed by atoms with van der Waals surface area (Å²) in [5.41, 5.74) is 0.845. The molecule has 0 aliphatic carbocycles. The molecule has 2 N–H and O–H groups in total. The Morgan fingerprint density at radius 2 is 1.96 bits per heavy atom. The summed E-state index contributed by atoms with van der Waals surface area (Å²) < 4.78 is 16.1. The van der Waals surface area contributed by atoms with Crippen LogP contribution in [-0.2, 0) is 9.53 Å². The molecule has 1 aliphatic rings. The van der Waals surface area contributed by atoms with Gasteiger partial charge in [-0.15, -0.1) is 11.8 Å². The Bertz CT molecular complexity index is 846. The molecule has 1 aromatic heterocycles. The number of ether oxygens (including phenoxy) is 2. The van der Waals surface area contributed by atoms with Gasteiger partial charge in [0.25, 0.3) is 0 Å². The van der Waals surface area contributed by atoms with Crippen LogP contribution in [0.1, 0.15) is 25.6 Å². The van der Waals surface area contributed by atoms with Gasteiger partial charge < -0.3 is 24.5 Å². The lowest BCUT2D eigenvalue weighted by Gasteiger charge is -2.27. The molecular formula is C20H22N2O5S. The molecular weight excluding hydrogens is 380 g/mol. The molecule has 3 rings (SSSR count). The number of carbonyl (C=O) groups excluding carboxylic acids is 2. The van der Waals surface area contributed by atoms with E-state index in [-0.39, 0.29) is 6.61 Å². The van der Waals surface area contributed by atoms with E-state index in [4.69, 9.17) is 13.9 Å². The van der Waals surface area contributed by atoms with E-state index >= 15 is 0 Å². The van der Waals surface area contributed by atoms with Crippen molar-refractivity contribution in [3.05, 3.63) is 59.7 Å². The molecule has 1 unspecified atom stereocenters. The Morgan fingerprint density at radius 3 is 2.61 bits per heavy atom. The number of hydrogen-bond acceptors (Lipinski definition) is 6. The van der Waals surface area contributed by atoms with Crippen molar-refractivity contribution < 1.29 is 23.5 Å². The largest absolute Gasteiger partial charge is 0.494 e. The van der Waals surface area contributed by atoms with Crippen LogP contribution in [0.3, 0.4) is 0 Å². The maximum Gasteiger partial charge on any atom is 0.338 e. The van der Waals surface area contributed by atoms with Gasteiger partial charge in [0.15, 0.2) is 0 Å². The first-order valence-corrected chi connectivity index (χ1v) is 9.97. The van der Waals surface area contributed by atoms with Gasteiger partial charge in [-0.05, 0) is 50.2 Å². The van der Waals surface area contributed by atoms with Crippen LogP contribution in [0.25, 0.3) is 0 Å². The molecule has 8 heteroatoms. The summed E-state index contributed by atoms with van der Waals surface area (Å²) in [6.07, 6.45) is 1.50. The van der Waals surface area contributed by atoms with E-state index in [2.05, 4.69) is 10.6 Å². The third kappa shape index (κ3) is 4.69. The van der Waals surface area contributed by atoms with E-state index in [9.17, 15) is 9.59 Å². The molecule has 0 radical (unpaired) electrons. The quantitative estimate of drug-likeness (QED) is 0.518.